The highest BCUT2D eigenvalue weighted by atomic mass is 16.7. The van der Waals surface area contributed by atoms with Gasteiger partial charge in [-0.2, -0.15) is 0 Å². The van der Waals surface area contributed by atoms with Crippen molar-refractivity contribution in [3.05, 3.63) is 29.8 Å². The summed E-state index contributed by atoms with van der Waals surface area (Å²) >= 11 is 0. The summed E-state index contributed by atoms with van der Waals surface area (Å²) < 4.78 is 10.8. The molecule has 1 saturated heterocycles. The minimum atomic E-state index is -1.43. The van der Waals surface area contributed by atoms with Crippen molar-refractivity contribution in [3.63, 3.8) is 0 Å². The van der Waals surface area contributed by atoms with Gasteiger partial charge in [0.05, 0.1) is 6.61 Å². The number of rotatable bonds is 4. The van der Waals surface area contributed by atoms with Crippen LogP contribution in [0.25, 0.3) is 0 Å². The maximum absolute atomic E-state index is 9.87. The molecule has 0 amide bonds. The molecule has 1 aliphatic rings. The number of ether oxygens (including phenoxy) is 2. The molecule has 0 spiro atoms. The Morgan fingerprint density at radius 2 is 1.90 bits per heavy atom. The number of hydrogen-bond donors (Lipinski definition) is 4. The van der Waals surface area contributed by atoms with Crippen molar-refractivity contribution >= 4 is 0 Å². The first kappa shape index (κ1) is 15.2. The van der Waals surface area contributed by atoms with Gasteiger partial charge in [-0.15, -0.1) is 0 Å². The molecule has 1 aromatic rings. The lowest BCUT2D eigenvalue weighted by atomic mass is 9.99. The lowest BCUT2D eigenvalue weighted by Crippen LogP contribution is -2.60. The van der Waals surface area contributed by atoms with Gasteiger partial charge in [0.2, 0.25) is 6.29 Å². The third-order valence-corrected chi connectivity index (χ3v) is 3.41. The topological polar surface area (TPSA) is 99.4 Å². The van der Waals surface area contributed by atoms with Gasteiger partial charge in [-0.1, -0.05) is 19.1 Å². The van der Waals surface area contributed by atoms with E-state index in [4.69, 9.17) is 14.6 Å². The first-order valence-corrected chi connectivity index (χ1v) is 6.63. The van der Waals surface area contributed by atoms with Gasteiger partial charge in [0.1, 0.15) is 30.2 Å². The highest BCUT2D eigenvalue weighted by Gasteiger charge is 2.44. The summed E-state index contributed by atoms with van der Waals surface area (Å²) in [5.41, 5.74) is 1.06. The normalized spacial score (nSPS) is 34.0. The molecule has 0 radical (unpaired) electrons. The predicted molar refractivity (Wildman–Crippen MR) is 70.2 cm³/mol. The molecule has 1 aliphatic heterocycles. The fraction of sp³-hybridized carbons (Fsp3) is 0.571. The summed E-state index contributed by atoms with van der Waals surface area (Å²) in [6, 6.07) is 7.28. The molecule has 1 aromatic carbocycles. The molecule has 0 aliphatic carbocycles. The molecular formula is C14H20O6. The van der Waals surface area contributed by atoms with E-state index in [9.17, 15) is 15.3 Å². The fourth-order valence-corrected chi connectivity index (χ4v) is 2.14. The molecule has 0 aromatic heterocycles. The van der Waals surface area contributed by atoms with E-state index in [0.717, 1.165) is 12.0 Å². The van der Waals surface area contributed by atoms with Crippen molar-refractivity contribution in [3.8, 4) is 5.75 Å². The lowest BCUT2D eigenvalue weighted by Gasteiger charge is -2.39. The zero-order chi connectivity index (χ0) is 14.7. The second kappa shape index (κ2) is 6.51. The van der Waals surface area contributed by atoms with Gasteiger partial charge in [-0.3, -0.25) is 0 Å². The Bertz CT molecular complexity index is 435. The summed E-state index contributed by atoms with van der Waals surface area (Å²) in [6.45, 7) is 1.53. The van der Waals surface area contributed by atoms with Crippen LogP contribution in [0.3, 0.4) is 0 Å². The number of aliphatic hydroxyl groups is 4. The Morgan fingerprint density at radius 1 is 1.15 bits per heavy atom. The molecule has 6 heteroatoms. The SMILES string of the molecule is CCc1cccc(O[C@H]2O[C@@H](CO)[C@@H](O)[C@@H](O)[C@H]2O)c1. The van der Waals surface area contributed by atoms with Gasteiger partial charge >= 0.3 is 0 Å². The van der Waals surface area contributed by atoms with E-state index in [2.05, 4.69) is 0 Å². The maximum Gasteiger partial charge on any atom is 0.229 e. The molecule has 1 fully saturated rings. The molecule has 6 nitrogen and oxygen atoms in total. The Balaban J connectivity index is 2.10. The first-order chi connectivity index (χ1) is 9.56. The lowest BCUT2D eigenvalue weighted by molar-refractivity contribution is -0.277. The van der Waals surface area contributed by atoms with Gasteiger partial charge < -0.3 is 29.9 Å². The average Bonchev–Trinajstić information content (AvgIpc) is 2.48. The first-order valence-electron chi connectivity index (χ1n) is 6.63. The van der Waals surface area contributed by atoms with E-state index in [1.165, 1.54) is 0 Å². The van der Waals surface area contributed by atoms with Crippen molar-refractivity contribution < 1.29 is 29.9 Å². The average molecular weight is 284 g/mol. The van der Waals surface area contributed by atoms with E-state index in [-0.39, 0.29) is 0 Å². The van der Waals surface area contributed by atoms with Crippen LogP contribution in [0.2, 0.25) is 0 Å². The minimum absolute atomic E-state index is 0.472. The van der Waals surface area contributed by atoms with Crippen LogP contribution in [0.1, 0.15) is 12.5 Å². The summed E-state index contributed by atoms with van der Waals surface area (Å²) in [5.74, 6) is 0.494. The highest BCUT2D eigenvalue weighted by molar-refractivity contribution is 5.28. The van der Waals surface area contributed by atoms with Crippen molar-refractivity contribution in [1.82, 2.24) is 0 Å². The zero-order valence-corrected chi connectivity index (χ0v) is 11.2. The van der Waals surface area contributed by atoms with Crippen LogP contribution in [0.5, 0.6) is 5.75 Å². The molecule has 112 valence electrons. The predicted octanol–water partition coefficient (Wildman–Crippen LogP) is -0.572. The second-order valence-electron chi connectivity index (χ2n) is 4.82. The standard InChI is InChI=1S/C14H20O6/c1-2-8-4-3-5-9(6-8)19-14-13(18)12(17)11(16)10(7-15)20-14/h3-6,10-18H,2,7H2,1H3/t10-,11+,12+,13+,14-/m0/s1. The molecule has 20 heavy (non-hydrogen) atoms. The van der Waals surface area contributed by atoms with Gasteiger partial charge in [0.25, 0.3) is 0 Å². The molecule has 0 saturated carbocycles. The molecule has 0 bridgehead atoms. The summed E-state index contributed by atoms with van der Waals surface area (Å²) in [6.07, 6.45) is -5.47. The van der Waals surface area contributed by atoms with Gasteiger partial charge in [-0.05, 0) is 24.1 Å². The molecule has 4 N–H and O–H groups in total. The van der Waals surface area contributed by atoms with Crippen LogP contribution in [-0.4, -0.2) is 57.7 Å². The Labute approximate surface area is 117 Å². The third kappa shape index (κ3) is 3.11. The Hall–Kier alpha value is -1.18. The summed E-state index contributed by atoms with van der Waals surface area (Å²) in [7, 11) is 0. The van der Waals surface area contributed by atoms with Crippen LogP contribution >= 0.6 is 0 Å². The van der Waals surface area contributed by atoms with Gasteiger partial charge in [0.15, 0.2) is 0 Å². The largest absolute Gasteiger partial charge is 0.462 e. The number of hydrogen-bond acceptors (Lipinski definition) is 6. The third-order valence-electron chi connectivity index (χ3n) is 3.41. The fourth-order valence-electron chi connectivity index (χ4n) is 2.14. The van der Waals surface area contributed by atoms with Crippen molar-refractivity contribution in [2.45, 2.75) is 44.1 Å². The van der Waals surface area contributed by atoms with E-state index in [1.54, 1.807) is 12.1 Å². The van der Waals surface area contributed by atoms with Gasteiger partial charge in [-0.25, -0.2) is 0 Å². The Morgan fingerprint density at radius 3 is 2.55 bits per heavy atom. The van der Waals surface area contributed by atoms with Crippen LogP contribution in [-0.2, 0) is 11.2 Å². The summed E-state index contributed by atoms with van der Waals surface area (Å²) in [5, 5.41) is 38.3. The van der Waals surface area contributed by atoms with E-state index in [1.807, 2.05) is 19.1 Å². The van der Waals surface area contributed by atoms with Crippen LogP contribution in [0.15, 0.2) is 24.3 Å². The highest BCUT2D eigenvalue weighted by Crippen LogP contribution is 2.24. The van der Waals surface area contributed by atoms with E-state index >= 15 is 0 Å². The smallest absolute Gasteiger partial charge is 0.229 e. The molecule has 1 heterocycles. The Kier molecular flexibility index (Phi) is 4.95. The van der Waals surface area contributed by atoms with Crippen molar-refractivity contribution in [2.24, 2.45) is 0 Å². The molecular weight excluding hydrogens is 264 g/mol. The van der Waals surface area contributed by atoms with Crippen LogP contribution < -0.4 is 4.74 Å². The zero-order valence-electron chi connectivity index (χ0n) is 11.2. The van der Waals surface area contributed by atoms with E-state index < -0.39 is 37.3 Å². The molecule has 5 atom stereocenters. The molecule has 0 unspecified atom stereocenters. The minimum Gasteiger partial charge on any atom is -0.462 e. The van der Waals surface area contributed by atoms with Crippen molar-refractivity contribution in [2.75, 3.05) is 6.61 Å². The van der Waals surface area contributed by atoms with Crippen molar-refractivity contribution in [1.29, 1.82) is 0 Å². The van der Waals surface area contributed by atoms with Crippen LogP contribution in [0.4, 0.5) is 0 Å². The quantitative estimate of drug-likeness (QED) is 0.591. The second-order valence-corrected chi connectivity index (χ2v) is 4.82. The molecule has 2 rings (SSSR count). The maximum atomic E-state index is 9.87. The summed E-state index contributed by atoms with van der Waals surface area (Å²) in [4.78, 5) is 0. The monoisotopic (exact) mass is 284 g/mol. The van der Waals surface area contributed by atoms with Gasteiger partial charge in [0, 0.05) is 0 Å². The number of aliphatic hydroxyl groups excluding tert-OH is 4. The van der Waals surface area contributed by atoms with E-state index in [0.29, 0.717) is 5.75 Å². The number of aryl methyl sites for hydroxylation is 1. The van der Waals surface area contributed by atoms with Crippen LogP contribution in [0, 0.1) is 0 Å². The number of benzene rings is 1.